The number of alkyl halides is 2. The molecule has 0 radical (unpaired) electrons. The van der Waals surface area contributed by atoms with E-state index in [1.807, 2.05) is 18.2 Å². The largest absolute Gasteiger partial charge is 0.452 e. The van der Waals surface area contributed by atoms with Gasteiger partial charge in [0.2, 0.25) is 0 Å². The van der Waals surface area contributed by atoms with Gasteiger partial charge >= 0.3 is 5.97 Å². The number of nitrogens with one attached hydrogen (secondary N) is 1. The minimum absolute atomic E-state index is 0.0987. The average Bonchev–Trinajstić information content (AvgIpc) is 3.30. The van der Waals surface area contributed by atoms with Crippen LogP contribution in [0.5, 0.6) is 0 Å². The fourth-order valence-corrected chi connectivity index (χ4v) is 3.68. The summed E-state index contributed by atoms with van der Waals surface area (Å²) in [6, 6.07) is 20.4. The van der Waals surface area contributed by atoms with Gasteiger partial charge in [-0.3, -0.25) is 4.79 Å². The molecule has 6 nitrogen and oxygen atoms in total. The maximum Gasteiger partial charge on any atom is 0.342 e. The number of esters is 1. The number of benzene rings is 3. The molecule has 0 spiro atoms. The Morgan fingerprint density at radius 3 is 2.31 bits per heavy atom. The van der Waals surface area contributed by atoms with Gasteiger partial charge in [-0.15, -0.1) is 0 Å². The topological polar surface area (TPSA) is 73.2 Å². The number of para-hydroxylation sites is 1. The molecular formula is C25H18F3N3O3S. The molecule has 1 aromatic heterocycles. The van der Waals surface area contributed by atoms with Crippen molar-refractivity contribution in [3.05, 3.63) is 96.4 Å². The molecule has 3 aromatic carbocycles. The Kier molecular flexibility index (Phi) is 7.51. The second-order valence-corrected chi connectivity index (χ2v) is 8.27. The van der Waals surface area contributed by atoms with E-state index in [0.29, 0.717) is 33.6 Å². The number of hydrogen-bond donors (Lipinski definition) is 1. The van der Waals surface area contributed by atoms with Crippen LogP contribution in [0.15, 0.2) is 90.0 Å². The molecule has 1 N–H and O–H groups in total. The van der Waals surface area contributed by atoms with Gasteiger partial charge in [-0.1, -0.05) is 30.0 Å². The van der Waals surface area contributed by atoms with Crippen LogP contribution in [0.3, 0.4) is 0 Å². The first-order valence-electron chi connectivity index (χ1n) is 10.3. The number of ether oxygens (including phenoxy) is 1. The predicted octanol–water partition coefficient (Wildman–Crippen LogP) is 5.79. The number of carbonyl (C=O) groups is 2. The molecule has 178 valence electrons. The quantitative estimate of drug-likeness (QED) is 0.247. The molecule has 0 aliphatic carbocycles. The van der Waals surface area contributed by atoms with E-state index >= 15 is 0 Å². The first kappa shape index (κ1) is 24.1. The number of nitrogens with zero attached hydrogens (tertiary/aromatic N) is 2. The summed E-state index contributed by atoms with van der Waals surface area (Å²) in [5.41, 5.74) is 1.93. The van der Waals surface area contributed by atoms with Crippen molar-refractivity contribution < 1.29 is 27.5 Å². The molecule has 1 amide bonds. The van der Waals surface area contributed by atoms with Crippen molar-refractivity contribution in [1.29, 1.82) is 0 Å². The summed E-state index contributed by atoms with van der Waals surface area (Å²) < 4.78 is 44.9. The highest BCUT2D eigenvalue weighted by Crippen LogP contribution is 2.27. The summed E-state index contributed by atoms with van der Waals surface area (Å²) in [6.45, 7) is -0.578. The van der Waals surface area contributed by atoms with Crippen LogP contribution in [0.2, 0.25) is 0 Å². The third-order valence-electron chi connectivity index (χ3n) is 4.77. The molecule has 0 saturated heterocycles. The van der Waals surface area contributed by atoms with Crippen LogP contribution in [-0.4, -0.2) is 34.0 Å². The highest BCUT2D eigenvalue weighted by molar-refractivity contribution is 7.99. The Morgan fingerprint density at radius 2 is 1.66 bits per heavy atom. The van der Waals surface area contributed by atoms with Crippen LogP contribution in [0, 0.1) is 5.82 Å². The van der Waals surface area contributed by atoms with Crippen LogP contribution >= 0.6 is 11.8 Å². The van der Waals surface area contributed by atoms with Crippen LogP contribution in [0.1, 0.15) is 10.4 Å². The van der Waals surface area contributed by atoms with Crippen molar-refractivity contribution in [3.63, 3.8) is 0 Å². The number of hydrogen-bond acceptors (Lipinski definition) is 5. The molecule has 0 bridgehead atoms. The number of thioether (sulfide) groups is 1. The van der Waals surface area contributed by atoms with Crippen molar-refractivity contribution in [2.45, 2.75) is 10.7 Å². The van der Waals surface area contributed by atoms with Crippen molar-refractivity contribution in [2.75, 3.05) is 11.9 Å². The van der Waals surface area contributed by atoms with Crippen molar-refractivity contribution in [3.8, 4) is 16.9 Å². The fraction of sp³-hybridized carbons (Fsp3) is 0.0800. The Hall–Kier alpha value is -4.05. The highest BCUT2D eigenvalue weighted by atomic mass is 32.2. The number of carbonyl (C=O) groups excluding carboxylic acids is 2. The summed E-state index contributed by atoms with van der Waals surface area (Å²) in [5.74, 6) is -4.37. The maximum absolute atomic E-state index is 13.4. The second-order valence-electron chi connectivity index (χ2n) is 7.21. The number of amides is 1. The molecule has 0 aliphatic rings. The fourth-order valence-electron chi connectivity index (χ4n) is 3.18. The van der Waals surface area contributed by atoms with Crippen LogP contribution in [0.25, 0.3) is 16.9 Å². The van der Waals surface area contributed by atoms with Gasteiger partial charge in [0, 0.05) is 22.3 Å². The van der Waals surface area contributed by atoms with E-state index in [1.54, 1.807) is 12.1 Å². The van der Waals surface area contributed by atoms with Gasteiger partial charge in [-0.2, -0.15) is 13.9 Å². The average molecular weight is 497 g/mol. The summed E-state index contributed by atoms with van der Waals surface area (Å²) >= 11 is 0.394. The number of anilines is 1. The Labute approximate surface area is 202 Å². The van der Waals surface area contributed by atoms with E-state index in [4.69, 9.17) is 4.74 Å². The first-order chi connectivity index (χ1) is 16.9. The molecule has 0 unspecified atom stereocenters. The Balaban J connectivity index is 1.47. The van der Waals surface area contributed by atoms with Gasteiger partial charge in [0.05, 0.1) is 5.69 Å². The standard InChI is InChI=1S/C25H18F3N3O3S/c26-17-8-6-16(7-9-17)23-21(14-31(30-23)19-4-2-1-3-5-19)24(33)34-15-22(32)29-18-10-12-20(13-11-18)35-25(27)28/h1-14,25H,15H2,(H,29,32). The highest BCUT2D eigenvalue weighted by Gasteiger charge is 2.21. The number of halogens is 3. The number of rotatable bonds is 8. The third-order valence-corrected chi connectivity index (χ3v) is 5.49. The van der Waals surface area contributed by atoms with Crippen LogP contribution in [-0.2, 0) is 9.53 Å². The lowest BCUT2D eigenvalue weighted by molar-refractivity contribution is -0.119. The van der Waals surface area contributed by atoms with Gasteiger partial charge < -0.3 is 10.1 Å². The van der Waals surface area contributed by atoms with Gasteiger partial charge in [-0.05, 0) is 60.7 Å². The Morgan fingerprint density at radius 1 is 0.971 bits per heavy atom. The lowest BCUT2D eigenvalue weighted by atomic mass is 10.1. The van der Waals surface area contributed by atoms with Gasteiger partial charge in [0.1, 0.15) is 17.1 Å². The van der Waals surface area contributed by atoms with E-state index in [2.05, 4.69) is 10.4 Å². The molecule has 4 rings (SSSR count). The molecular weight excluding hydrogens is 479 g/mol. The summed E-state index contributed by atoms with van der Waals surface area (Å²) in [7, 11) is 0. The SMILES string of the molecule is O=C(COC(=O)c1cn(-c2ccccc2)nc1-c1ccc(F)cc1)Nc1ccc(SC(F)F)cc1. The molecule has 0 atom stereocenters. The monoisotopic (exact) mass is 497 g/mol. The predicted molar refractivity (Wildman–Crippen MR) is 126 cm³/mol. The van der Waals surface area contributed by atoms with Crippen molar-refractivity contribution in [2.24, 2.45) is 0 Å². The van der Waals surface area contributed by atoms with Crippen LogP contribution < -0.4 is 5.32 Å². The van der Waals surface area contributed by atoms with E-state index in [1.165, 1.54) is 59.4 Å². The van der Waals surface area contributed by atoms with Crippen molar-refractivity contribution in [1.82, 2.24) is 9.78 Å². The summed E-state index contributed by atoms with van der Waals surface area (Å²) in [5, 5.41) is 7.00. The zero-order valence-corrected chi connectivity index (χ0v) is 18.8. The normalized spacial score (nSPS) is 10.9. The van der Waals surface area contributed by atoms with Gasteiger partial charge in [0.25, 0.3) is 11.7 Å². The number of aromatic nitrogens is 2. The van der Waals surface area contributed by atoms with E-state index in [0.717, 1.165) is 0 Å². The zero-order valence-electron chi connectivity index (χ0n) is 18.0. The van der Waals surface area contributed by atoms with Gasteiger partial charge in [-0.25, -0.2) is 13.9 Å². The van der Waals surface area contributed by atoms with E-state index in [9.17, 15) is 22.8 Å². The molecule has 35 heavy (non-hydrogen) atoms. The zero-order chi connectivity index (χ0) is 24.8. The summed E-state index contributed by atoms with van der Waals surface area (Å²) in [4.78, 5) is 25.5. The molecule has 0 aliphatic heterocycles. The van der Waals surface area contributed by atoms with E-state index < -0.39 is 30.1 Å². The second kappa shape index (κ2) is 10.9. The smallest absolute Gasteiger partial charge is 0.342 e. The molecule has 0 saturated carbocycles. The molecule has 0 fully saturated rings. The van der Waals surface area contributed by atoms with Crippen molar-refractivity contribution >= 4 is 29.3 Å². The molecule has 10 heteroatoms. The lowest BCUT2D eigenvalue weighted by Crippen LogP contribution is -2.21. The Bertz CT molecular complexity index is 1310. The minimum atomic E-state index is -2.54. The first-order valence-corrected chi connectivity index (χ1v) is 11.2. The third kappa shape index (κ3) is 6.30. The van der Waals surface area contributed by atoms with Crippen LogP contribution in [0.4, 0.5) is 18.9 Å². The minimum Gasteiger partial charge on any atom is -0.452 e. The van der Waals surface area contributed by atoms with E-state index in [-0.39, 0.29) is 11.3 Å². The molecule has 1 heterocycles. The molecule has 4 aromatic rings. The maximum atomic E-state index is 13.4. The summed E-state index contributed by atoms with van der Waals surface area (Å²) in [6.07, 6.45) is 1.48. The van der Waals surface area contributed by atoms with Gasteiger partial charge in [0.15, 0.2) is 6.61 Å². The lowest BCUT2D eigenvalue weighted by Gasteiger charge is -2.08.